The van der Waals surface area contributed by atoms with Crippen molar-refractivity contribution in [3.63, 3.8) is 0 Å². The molecular formula is C19H31IN4O. The van der Waals surface area contributed by atoms with E-state index in [4.69, 9.17) is 5.73 Å². The van der Waals surface area contributed by atoms with Crippen LogP contribution < -0.4 is 11.1 Å². The van der Waals surface area contributed by atoms with Gasteiger partial charge in [0.25, 0.3) is 5.91 Å². The molecule has 2 rings (SSSR count). The summed E-state index contributed by atoms with van der Waals surface area (Å²) in [5.41, 5.74) is 7.83. The lowest BCUT2D eigenvalue weighted by Gasteiger charge is -2.21. The number of hydrogen-bond donors (Lipinski definition) is 2. The number of carbonyl (C=O) groups is 1. The van der Waals surface area contributed by atoms with Crippen molar-refractivity contribution in [3.8, 4) is 0 Å². The molecule has 0 spiro atoms. The van der Waals surface area contributed by atoms with Crippen molar-refractivity contribution < 1.29 is 4.79 Å². The van der Waals surface area contributed by atoms with Crippen LogP contribution in [0.15, 0.2) is 29.3 Å². The second-order valence-corrected chi connectivity index (χ2v) is 6.56. The number of hydrogen-bond acceptors (Lipinski definition) is 2. The Hall–Kier alpha value is -1.31. The topological polar surface area (TPSA) is 70.7 Å². The van der Waals surface area contributed by atoms with Gasteiger partial charge in [0.05, 0.1) is 6.54 Å². The number of guanidine groups is 1. The molecule has 6 heteroatoms. The Morgan fingerprint density at radius 3 is 2.60 bits per heavy atom. The third-order valence-corrected chi connectivity index (χ3v) is 4.53. The van der Waals surface area contributed by atoms with Crippen molar-refractivity contribution in [2.75, 3.05) is 13.1 Å². The molecule has 1 aliphatic rings. The van der Waals surface area contributed by atoms with E-state index in [0.29, 0.717) is 18.1 Å². The molecule has 1 saturated heterocycles. The van der Waals surface area contributed by atoms with Gasteiger partial charge in [-0.3, -0.25) is 4.79 Å². The van der Waals surface area contributed by atoms with Gasteiger partial charge in [0.1, 0.15) is 0 Å². The van der Waals surface area contributed by atoms with Crippen LogP contribution in [0.3, 0.4) is 0 Å². The number of nitrogens with zero attached hydrogens (tertiary/aromatic N) is 2. The highest BCUT2D eigenvalue weighted by Crippen LogP contribution is 2.11. The van der Waals surface area contributed by atoms with Crippen LogP contribution in [0.1, 0.15) is 61.9 Å². The van der Waals surface area contributed by atoms with Crippen LogP contribution >= 0.6 is 24.0 Å². The Morgan fingerprint density at radius 2 is 1.96 bits per heavy atom. The fraction of sp³-hybridized carbons (Fsp3) is 0.579. The molecule has 1 aromatic rings. The molecule has 1 amide bonds. The molecule has 5 nitrogen and oxygen atoms in total. The summed E-state index contributed by atoms with van der Waals surface area (Å²) in [4.78, 5) is 18.9. The van der Waals surface area contributed by atoms with Gasteiger partial charge in [-0.1, -0.05) is 31.9 Å². The van der Waals surface area contributed by atoms with Crippen molar-refractivity contribution in [1.29, 1.82) is 0 Å². The van der Waals surface area contributed by atoms with Crippen LogP contribution in [0.2, 0.25) is 0 Å². The van der Waals surface area contributed by atoms with E-state index in [0.717, 1.165) is 25.1 Å². The summed E-state index contributed by atoms with van der Waals surface area (Å²) in [5, 5.41) is 2.99. The predicted molar refractivity (Wildman–Crippen MR) is 114 cm³/mol. The highest BCUT2D eigenvalue weighted by Gasteiger charge is 2.11. The van der Waals surface area contributed by atoms with E-state index in [2.05, 4.69) is 22.1 Å². The van der Waals surface area contributed by atoms with Crippen LogP contribution in [0, 0.1) is 0 Å². The quantitative estimate of drug-likeness (QED) is 0.403. The van der Waals surface area contributed by atoms with E-state index < -0.39 is 0 Å². The first-order valence-electron chi connectivity index (χ1n) is 9.04. The number of aliphatic imine (C=N–C) groups is 1. The van der Waals surface area contributed by atoms with Gasteiger partial charge < -0.3 is 16.0 Å². The van der Waals surface area contributed by atoms with Gasteiger partial charge >= 0.3 is 0 Å². The third-order valence-electron chi connectivity index (χ3n) is 4.53. The first-order chi connectivity index (χ1) is 11.6. The minimum absolute atomic E-state index is 0. The molecule has 0 aromatic heterocycles. The molecule has 140 valence electrons. The average Bonchev–Trinajstić information content (AvgIpc) is 2.89. The molecule has 25 heavy (non-hydrogen) atoms. The Balaban J connectivity index is 0.00000312. The molecule has 1 atom stereocenters. The molecule has 1 aliphatic heterocycles. The van der Waals surface area contributed by atoms with Gasteiger partial charge in [-0.05, 0) is 43.9 Å². The van der Waals surface area contributed by atoms with E-state index in [-0.39, 0.29) is 35.9 Å². The Bertz CT molecular complexity index is 568. The maximum absolute atomic E-state index is 12.2. The molecule has 0 saturated carbocycles. The van der Waals surface area contributed by atoms with E-state index in [1.807, 2.05) is 31.2 Å². The van der Waals surface area contributed by atoms with Crippen LogP contribution in [0.4, 0.5) is 0 Å². The van der Waals surface area contributed by atoms with Gasteiger partial charge in [0.15, 0.2) is 5.96 Å². The minimum atomic E-state index is -0.0318. The number of amides is 1. The van der Waals surface area contributed by atoms with E-state index in [1.54, 1.807) is 0 Å². The predicted octanol–water partition coefficient (Wildman–Crippen LogP) is 3.52. The van der Waals surface area contributed by atoms with Crippen molar-refractivity contribution >= 4 is 35.8 Å². The van der Waals surface area contributed by atoms with Crippen LogP contribution in [0.5, 0.6) is 0 Å². The van der Waals surface area contributed by atoms with Crippen molar-refractivity contribution in [1.82, 2.24) is 10.2 Å². The monoisotopic (exact) mass is 458 g/mol. The van der Waals surface area contributed by atoms with Crippen LogP contribution in [0.25, 0.3) is 0 Å². The second kappa shape index (κ2) is 11.3. The van der Waals surface area contributed by atoms with Gasteiger partial charge in [-0.25, -0.2) is 4.99 Å². The number of nitrogens with one attached hydrogen (secondary N) is 1. The zero-order valence-electron chi connectivity index (χ0n) is 15.3. The molecule has 1 aromatic carbocycles. The number of halogens is 1. The number of likely N-dealkylation sites (tertiary alicyclic amines) is 1. The largest absolute Gasteiger partial charge is 0.370 e. The second-order valence-electron chi connectivity index (χ2n) is 6.56. The Morgan fingerprint density at radius 1 is 1.28 bits per heavy atom. The standard InChI is InChI=1S/C19H30N4O.HI/c1-3-15(2)22-18(24)17-10-8-9-16(13-17)14-21-19(20)23-11-6-4-5-7-12-23;/h8-10,13,15H,3-7,11-12,14H2,1-2H3,(H2,20,21)(H,22,24);1H. The molecule has 0 aliphatic carbocycles. The molecule has 0 radical (unpaired) electrons. The van der Waals surface area contributed by atoms with Gasteiger partial charge in [-0.15, -0.1) is 24.0 Å². The minimum Gasteiger partial charge on any atom is -0.370 e. The van der Waals surface area contributed by atoms with Crippen molar-refractivity contribution in [2.24, 2.45) is 10.7 Å². The maximum atomic E-state index is 12.2. The summed E-state index contributed by atoms with van der Waals surface area (Å²) >= 11 is 0. The Labute approximate surface area is 168 Å². The summed E-state index contributed by atoms with van der Waals surface area (Å²) in [7, 11) is 0. The Kier molecular flexibility index (Phi) is 9.85. The summed E-state index contributed by atoms with van der Waals surface area (Å²) < 4.78 is 0. The molecule has 3 N–H and O–H groups in total. The smallest absolute Gasteiger partial charge is 0.251 e. The normalized spacial score (nSPS) is 16.6. The summed E-state index contributed by atoms with van der Waals surface area (Å²) in [6.07, 6.45) is 5.83. The molecule has 1 heterocycles. The van der Waals surface area contributed by atoms with Gasteiger partial charge in [0.2, 0.25) is 0 Å². The lowest BCUT2D eigenvalue weighted by atomic mass is 10.1. The van der Waals surface area contributed by atoms with E-state index >= 15 is 0 Å². The molecule has 0 bridgehead atoms. The molecule has 1 unspecified atom stereocenters. The molecular weight excluding hydrogens is 427 g/mol. The lowest BCUT2D eigenvalue weighted by molar-refractivity contribution is 0.0939. The van der Waals surface area contributed by atoms with Crippen molar-refractivity contribution in [3.05, 3.63) is 35.4 Å². The maximum Gasteiger partial charge on any atom is 0.251 e. The summed E-state index contributed by atoms with van der Waals surface area (Å²) in [6, 6.07) is 7.80. The van der Waals surface area contributed by atoms with Crippen LogP contribution in [-0.2, 0) is 6.54 Å². The first-order valence-corrected chi connectivity index (χ1v) is 9.04. The van der Waals surface area contributed by atoms with Gasteiger partial charge in [-0.2, -0.15) is 0 Å². The third kappa shape index (κ3) is 7.22. The fourth-order valence-corrected chi connectivity index (χ4v) is 2.79. The molecule has 1 fully saturated rings. The van der Waals surface area contributed by atoms with E-state index in [9.17, 15) is 4.79 Å². The highest BCUT2D eigenvalue weighted by atomic mass is 127. The average molecular weight is 458 g/mol. The number of rotatable bonds is 5. The fourth-order valence-electron chi connectivity index (χ4n) is 2.79. The number of benzene rings is 1. The first kappa shape index (κ1) is 21.7. The lowest BCUT2D eigenvalue weighted by Crippen LogP contribution is -2.38. The van der Waals surface area contributed by atoms with Crippen LogP contribution in [-0.4, -0.2) is 35.9 Å². The summed E-state index contributed by atoms with van der Waals surface area (Å²) in [6.45, 7) is 6.56. The SMILES string of the molecule is CCC(C)NC(=O)c1cccc(CN=C(N)N2CCCCCC2)c1.I. The zero-order chi connectivity index (χ0) is 17.4. The summed E-state index contributed by atoms with van der Waals surface area (Å²) in [5.74, 6) is 0.585. The number of carbonyl (C=O) groups excluding carboxylic acids is 1. The highest BCUT2D eigenvalue weighted by molar-refractivity contribution is 14.0. The number of nitrogens with two attached hydrogens (primary N) is 1. The van der Waals surface area contributed by atoms with Gasteiger partial charge in [0, 0.05) is 24.7 Å². The van der Waals surface area contributed by atoms with E-state index in [1.165, 1.54) is 25.7 Å². The van der Waals surface area contributed by atoms with Crippen molar-refractivity contribution in [2.45, 2.75) is 58.5 Å². The zero-order valence-corrected chi connectivity index (χ0v) is 17.7.